The zero-order valence-electron chi connectivity index (χ0n) is 15.0. The topological polar surface area (TPSA) is 83.3 Å². The van der Waals surface area contributed by atoms with E-state index in [0.717, 1.165) is 11.0 Å². The maximum absolute atomic E-state index is 14.6. The van der Waals surface area contributed by atoms with Crippen molar-refractivity contribution in [2.24, 2.45) is 5.41 Å². The predicted molar refractivity (Wildman–Crippen MR) is 90.5 cm³/mol. The first-order chi connectivity index (χ1) is 12.6. The summed E-state index contributed by atoms with van der Waals surface area (Å²) < 4.78 is 35.0. The molecule has 1 saturated heterocycles. The van der Waals surface area contributed by atoms with Crippen molar-refractivity contribution < 1.29 is 23.1 Å². The Bertz CT molecular complexity index is 846. The predicted octanol–water partition coefficient (Wildman–Crippen LogP) is 2.22. The summed E-state index contributed by atoms with van der Waals surface area (Å²) in [6.07, 6.45) is 2.77. The van der Waals surface area contributed by atoms with E-state index in [9.17, 15) is 23.6 Å². The molecule has 2 aliphatic rings. The molecule has 0 N–H and O–H groups in total. The number of ether oxygens (including phenoxy) is 1. The molecular weight excluding hydrogens is 356 g/mol. The number of hydrogen-bond acceptors (Lipinski definition) is 5. The molecule has 6 nitrogen and oxygen atoms in total. The number of nitriles is 1. The molecule has 0 radical (unpaired) electrons. The van der Waals surface area contributed by atoms with Gasteiger partial charge >= 0.3 is 5.92 Å². The maximum Gasteiger partial charge on any atom is 0.366 e. The van der Waals surface area contributed by atoms with Crippen molar-refractivity contribution in [1.29, 1.82) is 5.26 Å². The Morgan fingerprint density at radius 1 is 1.41 bits per heavy atom. The molecule has 1 spiro atoms. The molecule has 1 atom stereocenters. The van der Waals surface area contributed by atoms with E-state index in [1.54, 1.807) is 13.8 Å². The van der Waals surface area contributed by atoms with Gasteiger partial charge in [-0.15, -0.1) is 0 Å². The molecule has 0 saturated carbocycles. The smallest absolute Gasteiger partial charge is 0.366 e. The van der Waals surface area contributed by atoms with E-state index in [1.807, 2.05) is 6.07 Å². The quantitative estimate of drug-likeness (QED) is 0.792. The zero-order chi connectivity index (χ0) is 19.9. The highest BCUT2D eigenvalue weighted by molar-refractivity contribution is 6.04. The first kappa shape index (κ1) is 19.1. The van der Waals surface area contributed by atoms with E-state index < -0.39 is 28.5 Å². The van der Waals surface area contributed by atoms with Gasteiger partial charge in [0.25, 0.3) is 5.91 Å². The average molecular weight is 375 g/mol. The van der Waals surface area contributed by atoms with Crippen LogP contribution in [0.1, 0.15) is 26.0 Å². The summed E-state index contributed by atoms with van der Waals surface area (Å²) in [7, 11) is 0. The van der Waals surface area contributed by atoms with Crippen LogP contribution in [0, 0.1) is 16.7 Å². The van der Waals surface area contributed by atoms with Gasteiger partial charge in [0.1, 0.15) is 17.4 Å². The molecule has 2 heterocycles. The van der Waals surface area contributed by atoms with E-state index in [4.69, 9.17) is 4.74 Å². The molecule has 1 unspecified atom stereocenters. The molecule has 27 heavy (non-hydrogen) atoms. The number of carbonyl (C=O) groups is 2. The number of pyridine rings is 1. The SMILES string of the molecule is CC1(C)CC2(C=C(C#N)C1=O)CN(C(=O)C(F)(F)c1ccccn1)CCO2. The molecule has 0 bridgehead atoms. The number of hydrogen-bond donors (Lipinski definition) is 0. The fourth-order valence-electron chi connectivity index (χ4n) is 3.69. The minimum absolute atomic E-state index is 0.00684. The molecule has 1 aromatic heterocycles. The first-order valence-electron chi connectivity index (χ1n) is 8.52. The van der Waals surface area contributed by atoms with Gasteiger partial charge in [0.2, 0.25) is 0 Å². The van der Waals surface area contributed by atoms with Crippen molar-refractivity contribution in [1.82, 2.24) is 9.88 Å². The maximum atomic E-state index is 14.6. The lowest BCUT2D eigenvalue weighted by Gasteiger charge is -2.47. The summed E-state index contributed by atoms with van der Waals surface area (Å²) >= 11 is 0. The molecular formula is C19H19F2N3O3. The van der Waals surface area contributed by atoms with Crippen LogP contribution >= 0.6 is 0 Å². The summed E-state index contributed by atoms with van der Waals surface area (Å²) in [6, 6.07) is 5.83. The number of Topliss-reactive ketones (excluding diaryl/α,β-unsaturated/α-hetero) is 1. The van der Waals surface area contributed by atoms with Crippen LogP contribution in [0.2, 0.25) is 0 Å². The average Bonchev–Trinajstić information content (AvgIpc) is 2.64. The zero-order valence-corrected chi connectivity index (χ0v) is 15.0. The number of ketones is 1. The Labute approximate surface area is 155 Å². The van der Waals surface area contributed by atoms with Crippen LogP contribution in [0.3, 0.4) is 0 Å². The normalized spacial score (nSPS) is 25.1. The van der Waals surface area contributed by atoms with Crippen molar-refractivity contribution in [2.45, 2.75) is 31.8 Å². The third kappa shape index (κ3) is 3.35. The molecule has 1 aliphatic carbocycles. The van der Waals surface area contributed by atoms with Crippen LogP contribution in [0.4, 0.5) is 8.78 Å². The second kappa shape index (κ2) is 6.50. The Morgan fingerprint density at radius 3 is 2.78 bits per heavy atom. The monoisotopic (exact) mass is 375 g/mol. The first-order valence-corrected chi connectivity index (χ1v) is 8.52. The molecule has 1 aromatic rings. The molecule has 1 amide bonds. The van der Waals surface area contributed by atoms with Gasteiger partial charge in [-0.2, -0.15) is 14.0 Å². The minimum atomic E-state index is -3.78. The third-order valence-electron chi connectivity index (χ3n) is 4.88. The van der Waals surface area contributed by atoms with Crippen LogP contribution < -0.4 is 0 Å². The Morgan fingerprint density at radius 2 is 2.15 bits per heavy atom. The number of amides is 1. The van der Waals surface area contributed by atoms with Gasteiger partial charge < -0.3 is 9.64 Å². The number of morpholine rings is 1. The van der Waals surface area contributed by atoms with E-state index >= 15 is 0 Å². The highest BCUT2D eigenvalue weighted by Crippen LogP contribution is 2.42. The van der Waals surface area contributed by atoms with Crippen molar-refractivity contribution in [3.05, 3.63) is 41.7 Å². The number of halogens is 2. The van der Waals surface area contributed by atoms with Gasteiger partial charge in [0.15, 0.2) is 5.78 Å². The lowest BCUT2D eigenvalue weighted by Crippen LogP contribution is -2.59. The molecule has 142 valence electrons. The summed E-state index contributed by atoms with van der Waals surface area (Å²) in [6.45, 7) is 3.22. The van der Waals surface area contributed by atoms with Gasteiger partial charge in [0.05, 0.1) is 18.7 Å². The van der Waals surface area contributed by atoms with E-state index in [-0.39, 0.29) is 37.5 Å². The van der Waals surface area contributed by atoms with Gasteiger partial charge in [-0.05, 0) is 24.6 Å². The Kier molecular flexibility index (Phi) is 4.60. The van der Waals surface area contributed by atoms with Crippen molar-refractivity contribution in [2.75, 3.05) is 19.7 Å². The van der Waals surface area contributed by atoms with E-state index in [1.165, 1.54) is 24.4 Å². The second-order valence-electron chi connectivity index (χ2n) is 7.49. The van der Waals surface area contributed by atoms with Gasteiger partial charge in [-0.1, -0.05) is 19.9 Å². The second-order valence-corrected chi connectivity index (χ2v) is 7.49. The van der Waals surface area contributed by atoms with Crippen LogP contribution in [0.25, 0.3) is 0 Å². The molecule has 8 heteroatoms. The van der Waals surface area contributed by atoms with E-state index in [2.05, 4.69) is 4.98 Å². The van der Waals surface area contributed by atoms with Crippen LogP contribution in [-0.2, 0) is 20.2 Å². The third-order valence-corrected chi connectivity index (χ3v) is 4.88. The number of carbonyl (C=O) groups excluding carboxylic acids is 2. The fraction of sp³-hybridized carbons (Fsp3) is 0.474. The standard InChI is InChI=1S/C19H19F2N3O3/c1-17(2)11-18(9-13(10-22)15(17)25)12-24(7-8-27-18)16(26)19(20,21)14-5-3-4-6-23-14/h3-6,9H,7-8,11-12H2,1-2H3. The largest absolute Gasteiger partial charge is 0.367 e. The highest BCUT2D eigenvalue weighted by atomic mass is 19.3. The van der Waals surface area contributed by atoms with Crippen molar-refractivity contribution in [3.63, 3.8) is 0 Å². The van der Waals surface area contributed by atoms with Gasteiger partial charge in [0, 0.05) is 18.2 Å². The van der Waals surface area contributed by atoms with Gasteiger partial charge in [-0.3, -0.25) is 14.6 Å². The summed E-state index contributed by atoms with van der Waals surface area (Å²) in [5, 5.41) is 9.26. The molecule has 1 fully saturated rings. The number of allylic oxidation sites excluding steroid dienone is 1. The number of nitrogens with zero attached hydrogens (tertiary/aromatic N) is 3. The van der Waals surface area contributed by atoms with Crippen molar-refractivity contribution >= 4 is 11.7 Å². The summed E-state index contributed by atoms with van der Waals surface area (Å²) in [5.74, 6) is -5.46. The summed E-state index contributed by atoms with van der Waals surface area (Å²) in [5.41, 5.74) is -2.73. The minimum Gasteiger partial charge on any atom is -0.367 e. The highest BCUT2D eigenvalue weighted by Gasteiger charge is 2.52. The lowest BCUT2D eigenvalue weighted by atomic mass is 9.69. The van der Waals surface area contributed by atoms with Gasteiger partial charge in [-0.25, -0.2) is 0 Å². The van der Waals surface area contributed by atoms with Crippen LogP contribution in [-0.4, -0.2) is 46.9 Å². The number of rotatable bonds is 2. The van der Waals surface area contributed by atoms with Crippen molar-refractivity contribution in [3.8, 4) is 6.07 Å². The van der Waals surface area contributed by atoms with Crippen LogP contribution in [0.15, 0.2) is 36.0 Å². The summed E-state index contributed by atoms with van der Waals surface area (Å²) in [4.78, 5) is 29.5. The molecule has 0 aromatic carbocycles. The van der Waals surface area contributed by atoms with Crippen LogP contribution in [0.5, 0.6) is 0 Å². The molecule has 3 rings (SSSR count). The Hall–Kier alpha value is -2.66. The molecule has 1 aliphatic heterocycles. The Balaban J connectivity index is 1.90. The number of alkyl halides is 2. The van der Waals surface area contributed by atoms with E-state index in [0.29, 0.717) is 0 Å². The lowest BCUT2D eigenvalue weighted by molar-refractivity contribution is -0.174. The number of aromatic nitrogens is 1. The fourth-order valence-corrected chi connectivity index (χ4v) is 3.69.